The molecule has 6 nitrogen and oxygen atoms in total. The van der Waals surface area contributed by atoms with E-state index in [4.69, 9.17) is 0 Å². The molecular formula is C20H22FN3O3. The Morgan fingerprint density at radius 1 is 1.37 bits per heavy atom. The van der Waals surface area contributed by atoms with E-state index in [-0.39, 0.29) is 11.8 Å². The first kappa shape index (κ1) is 18.8. The Hall–Kier alpha value is -2.93. The Balaban J connectivity index is 1.91. The third-order valence-electron chi connectivity index (χ3n) is 4.60. The Kier molecular flexibility index (Phi) is 5.14. The van der Waals surface area contributed by atoms with Crippen LogP contribution in [0.1, 0.15) is 46.2 Å². The summed E-state index contributed by atoms with van der Waals surface area (Å²) in [6, 6.07) is 4.13. The van der Waals surface area contributed by atoms with E-state index < -0.39 is 11.9 Å². The lowest BCUT2D eigenvalue weighted by Crippen LogP contribution is -2.27. The molecule has 2 heterocycles. The first-order chi connectivity index (χ1) is 12.8. The number of anilines is 1. The second kappa shape index (κ2) is 7.36. The molecule has 1 aliphatic rings. The van der Waals surface area contributed by atoms with E-state index >= 15 is 0 Å². The van der Waals surface area contributed by atoms with Crippen molar-refractivity contribution in [3.63, 3.8) is 0 Å². The number of H-pyrrole nitrogens is 1. The van der Waals surface area contributed by atoms with Crippen LogP contribution in [-0.2, 0) is 4.79 Å². The zero-order chi connectivity index (χ0) is 19.7. The highest BCUT2D eigenvalue weighted by atomic mass is 19.1. The molecular weight excluding hydrogens is 349 g/mol. The molecule has 0 bridgehead atoms. The predicted octanol–water partition coefficient (Wildman–Crippen LogP) is 2.76. The van der Waals surface area contributed by atoms with Gasteiger partial charge in [0.1, 0.15) is 5.82 Å². The van der Waals surface area contributed by atoms with Gasteiger partial charge in [0, 0.05) is 29.2 Å². The lowest BCUT2D eigenvalue weighted by atomic mass is 10.0. The molecule has 1 aliphatic heterocycles. The van der Waals surface area contributed by atoms with Crippen LogP contribution in [0.15, 0.2) is 18.2 Å². The molecule has 0 radical (unpaired) electrons. The molecule has 1 aromatic carbocycles. The maximum Gasteiger partial charge on any atom is 0.256 e. The second-order valence-corrected chi connectivity index (χ2v) is 6.76. The molecule has 1 unspecified atom stereocenters. The van der Waals surface area contributed by atoms with E-state index in [9.17, 15) is 19.1 Å². The van der Waals surface area contributed by atoms with E-state index in [2.05, 4.69) is 15.6 Å². The Morgan fingerprint density at radius 3 is 2.81 bits per heavy atom. The summed E-state index contributed by atoms with van der Waals surface area (Å²) in [4.78, 5) is 27.9. The molecule has 1 aromatic heterocycles. The molecule has 27 heavy (non-hydrogen) atoms. The van der Waals surface area contributed by atoms with Gasteiger partial charge < -0.3 is 20.7 Å². The number of hydrogen-bond acceptors (Lipinski definition) is 3. The molecule has 0 fully saturated rings. The van der Waals surface area contributed by atoms with Crippen LogP contribution in [0.4, 0.5) is 10.1 Å². The number of benzene rings is 1. The minimum atomic E-state index is -0.486. The Morgan fingerprint density at radius 2 is 2.11 bits per heavy atom. The van der Waals surface area contributed by atoms with Crippen LogP contribution in [-0.4, -0.2) is 34.6 Å². The highest BCUT2D eigenvalue weighted by Crippen LogP contribution is 2.34. The number of carbonyl (C=O) groups is 2. The predicted molar refractivity (Wildman–Crippen MR) is 102 cm³/mol. The van der Waals surface area contributed by atoms with Crippen LogP contribution in [0.5, 0.6) is 0 Å². The van der Waals surface area contributed by atoms with Crippen LogP contribution in [0.3, 0.4) is 0 Å². The molecule has 0 saturated heterocycles. The number of aliphatic hydroxyl groups is 1. The molecule has 7 heteroatoms. The van der Waals surface area contributed by atoms with Gasteiger partial charge in [0.25, 0.3) is 11.8 Å². The summed E-state index contributed by atoms with van der Waals surface area (Å²) in [5.41, 5.74) is 3.90. The maximum absolute atomic E-state index is 13.6. The van der Waals surface area contributed by atoms with E-state index in [1.807, 2.05) is 0 Å². The summed E-state index contributed by atoms with van der Waals surface area (Å²) in [7, 11) is 0. The van der Waals surface area contributed by atoms with Gasteiger partial charge in [-0.1, -0.05) is 0 Å². The average molecular weight is 371 g/mol. The number of nitrogens with one attached hydrogen (secondary N) is 3. The SMILES string of the molecule is Cc1[nH]c(/C=C2\C(=O)Nc3ccc(F)cc32)c(C)c1C(=O)NCCC(C)O. The quantitative estimate of drug-likeness (QED) is 0.609. The minimum absolute atomic E-state index is 0.242. The number of rotatable bonds is 5. The number of halogens is 1. The molecule has 4 N–H and O–H groups in total. The lowest BCUT2D eigenvalue weighted by Gasteiger charge is -2.07. The van der Waals surface area contributed by atoms with Crippen LogP contribution >= 0.6 is 0 Å². The average Bonchev–Trinajstić information content (AvgIpc) is 3.04. The maximum atomic E-state index is 13.6. The number of aliphatic hydroxyl groups excluding tert-OH is 1. The summed E-state index contributed by atoms with van der Waals surface area (Å²) < 4.78 is 13.6. The van der Waals surface area contributed by atoms with Crippen LogP contribution in [0, 0.1) is 19.7 Å². The fraction of sp³-hybridized carbons (Fsp3) is 0.300. The fourth-order valence-corrected chi connectivity index (χ4v) is 3.19. The molecule has 1 atom stereocenters. The van der Waals surface area contributed by atoms with Gasteiger partial charge in [0.15, 0.2) is 0 Å². The third kappa shape index (κ3) is 3.78. The molecule has 2 aromatic rings. The van der Waals surface area contributed by atoms with Crippen LogP contribution < -0.4 is 10.6 Å². The van der Waals surface area contributed by atoms with Crippen molar-refractivity contribution < 1.29 is 19.1 Å². The summed E-state index contributed by atoms with van der Waals surface area (Å²) in [5, 5.41) is 14.8. The lowest BCUT2D eigenvalue weighted by molar-refractivity contribution is -0.110. The number of hydrogen-bond donors (Lipinski definition) is 4. The molecule has 3 rings (SSSR count). The largest absolute Gasteiger partial charge is 0.393 e. The van der Waals surface area contributed by atoms with Crippen molar-refractivity contribution in [2.75, 3.05) is 11.9 Å². The zero-order valence-corrected chi connectivity index (χ0v) is 15.4. The zero-order valence-electron chi connectivity index (χ0n) is 15.4. The summed E-state index contributed by atoms with van der Waals surface area (Å²) in [6.07, 6.45) is 1.61. The third-order valence-corrected chi connectivity index (χ3v) is 4.60. The van der Waals surface area contributed by atoms with E-state index in [0.29, 0.717) is 52.3 Å². The monoisotopic (exact) mass is 371 g/mol. The minimum Gasteiger partial charge on any atom is -0.393 e. The van der Waals surface area contributed by atoms with Crippen LogP contribution in [0.2, 0.25) is 0 Å². The highest BCUT2D eigenvalue weighted by Gasteiger charge is 2.26. The van der Waals surface area contributed by atoms with Gasteiger partial charge in [0.05, 0.1) is 17.2 Å². The van der Waals surface area contributed by atoms with Gasteiger partial charge in [-0.2, -0.15) is 0 Å². The smallest absolute Gasteiger partial charge is 0.256 e. The number of carbonyl (C=O) groups excluding carboxylic acids is 2. The van der Waals surface area contributed by atoms with Gasteiger partial charge in [-0.15, -0.1) is 0 Å². The summed E-state index contributed by atoms with van der Waals surface area (Å²) >= 11 is 0. The van der Waals surface area contributed by atoms with Crippen molar-refractivity contribution in [2.45, 2.75) is 33.3 Å². The number of amides is 2. The van der Waals surface area contributed by atoms with E-state index in [0.717, 1.165) is 0 Å². The van der Waals surface area contributed by atoms with Gasteiger partial charge in [0.2, 0.25) is 0 Å². The first-order valence-corrected chi connectivity index (χ1v) is 8.76. The second-order valence-electron chi connectivity index (χ2n) is 6.76. The normalized spacial score (nSPS) is 15.6. The standard InChI is InChI=1S/C20H22FN3O3/c1-10(25)6-7-22-20(27)18-11(2)17(23-12(18)3)9-15-14-8-13(21)4-5-16(14)24-19(15)26/h4-5,8-10,23,25H,6-7H2,1-3H3,(H,22,27)(H,24,26)/b15-9-. The molecule has 0 spiro atoms. The van der Waals surface area contributed by atoms with E-state index in [1.54, 1.807) is 26.8 Å². The molecule has 2 amide bonds. The van der Waals surface area contributed by atoms with E-state index in [1.165, 1.54) is 18.2 Å². The molecule has 0 aliphatic carbocycles. The topological polar surface area (TPSA) is 94.2 Å². The fourth-order valence-electron chi connectivity index (χ4n) is 3.19. The Bertz CT molecular complexity index is 944. The van der Waals surface area contributed by atoms with Crippen LogP contribution in [0.25, 0.3) is 11.6 Å². The van der Waals surface area contributed by atoms with Crippen molar-refractivity contribution in [3.05, 3.63) is 52.1 Å². The van der Waals surface area contributed by atoms with Crippen molar-refractivity contribution in [3.8, 4) is 0 Å². The molecule has 0 saturated carbocycles. The Labute approximate surface area is 156 Å². The van der Waals surface area contributed by atoms with Crippen molar-refractivity contribution in [2.24, 2.45) is 0 Å². The number of aryl methyl sites for hydroxylation is 1. The number of aromatic amines is 1. The van der Waals surface area contributed by atoms with Gasteiger partial charge in [-0.3, -0.25) is 9.59 Å². The number of aromatic nitrogens is 1. The summed E-state index contributed by atoms with van der Waals surface area (Å²) in [6.45, 7) is 5.60. The number of fused-ring (bicyclic) bond motifs is 1. The van der Waals surface area contributed by atoms with Crippen molar-refractivity contribution in [1.29, 1.82) is 0 Å². The van der Waals surface area contributed by atoms with Crippen molar-refractivity contribution >= 4 is 29.2 Å². The van der Waals surface area contributed by atoms with Gasteiger partial charge in [-0.05, 0) is 57.0 Å². The highest BCUT2D eigenvalue weighted by molar-refractivity contribution is 6.34. The molecule has 142 valence electrons. The first-order valence-electron chi connectivity index (χ1n) is 8.76. The summed E-state index contributed by atoms with van der Waals surface area (Å²) in [5.74, 6) is -0.979. The van der Waals surface area contributed by atoms with Gasteiger partial charge >= 0.3 is 0 Å². The van der Waals surface area contributed by atoms with Crippen molar-refractivity contribution in [1.82, 2.24) is 10.3 Å². The van der Waals surface area contributed by atoms with Gasteiger partial charge in [-0.25, -0.2) is 4.39 Å².